The summed E-state index contributed by atoms with van der Waals surface area (Å²) in [6.07, 6.45) is 3.93. The molecule has 2 atom stereocenters. The molecule has 7 heteroatoms. The maximum absolute atomic E-state index is 14.4. The number of halogens is 2. The number of benzene rings is 1. The molecule has 3 rings (SSSR count). The zero-order valence-corrected chi connectivity index (χ0v) is 13.5. The Labute approximate surface area is 139 Å². The molecule has 1 fully saturated rings. The Kier molecular flexibility index (Phi) is 4.47. The van der Waals surface area contributed by atoms with Crippen molar-refractivity contribution >= 4 is 0 Å². The molecule has 0 radical (unpaired) electrons. The smallest absolute Gasteiger partial charge is 0.132 e. The largest absolute Gasteiger partial charge is 0.381 e. The minimum atomic E-state index is -1.59. The molecule has 2 aromatic rings. The zero-order chi connectivity index (χ0) is 17.3. The quantitative estimate of drug-likeness (QED) is 0.851. The van der Waals surface area contributed by atoms with Gasteiger partial charge in [0.1, 0.15) is 17.2 Å². The summed E-state index contributed by atoms with van der Waals surface area (Å²) >= 11 is 0. The number of hydrogen-bond donors (Lipinski definition) is 1. The molecule has 1 aromatic carbocycles. The first-order valence-corrected chi connectivity index (χ1v) is 7.83. The van der Waals surface area contributed by atoms with Crippen LogP contribution in [0.25, 0.3) is 0 Å². The number of rotatable bonds is 5. The highest BCUT2D eigenvalue weighted by atomic mass is 19.1. The van der Waals surface area contributed by atoms with Crippen LogP contribution in [0.4, 0.5) is 8.78 Å². The highest BCUT2D eigenvalue weighted by Crippen LogP contribution is 2.34. The first-order valence-electron chi connectivity index (χ1n) is 7.83. The maximum atomic E-state index is 14.4. The van der Waals surface area contributed by atoms with Gasteiger partial charge < -0.3 is 5.11 Å². The summed E-state index contributed by atoms with van der Waals surface area (Å²) in [7, 11) is 0. The fraction of sp³-hybridized carbons (Fsp3) is 0.412. The van der Waals surface area contributed by atoms with Crippen LogP contribution in [0.1, 0.15) is 18.9 Å². The number of likely N-dealkylation sites (tertiary alicyclic amines) is 1. The van der Waals surface area contributed by atoms with E-state index in [-0.39, 0.29) is 12.1 Å². The fourth-order valence-corrected chi connectivity index (χ4v) is 3.23. The Morgan fingerprint density at radius 3 is 2.79 bits per heavy atom. The lowest BCUT2D eigenvalue weighted by Crippen LogP contribution is -2.51. The molecule has 1 aliphatic rings. The minimum Gasteiger partial charge on any atom is -0.381 e. The summed E-state index contributed by atoms with van der Waals surface area (Å²) in [5.41, 5.74) is -0.468. The summed E-state index contributed by atoms with van der Waals surface area (Å²) in [5, 5.41) is 19.0. The number of hydrogen-bond acceptors (Lipinski definition) is 4. The van der Waals surface area contributed by atoms with E-state index in [0.29, 0.717) is 6.54 Å². The predicted molar refractivity (Wildman–Crippen MR) is 85.1 cm³/mol. The third-order valence-electron chi connectivity index (χ3n) is 4.69. The second-order valence-electron chi connectivity index (χ2n) is 6.30. The van der Waals surface area contributed by atoms with Crippen LogP contribution in [0.3, 0.4) is 0 Å². The lowest BCUT2D eigenvalue weighted by molar-refractivity contribution is -0.0573. The van der Waals surface area contributed by atoms with Crippen LogP contribution in [0.15, 0.2) is 42.7 Å². The van der Waals surface area contributed by atoms with Crippen LogP contribution in [0.5, 0.6) is 0 Å². The Morgan fingerprint density at radius 1 is 1.42 bits per heavy atom. The van der Waals surface area contributed by atoms with E-state index in [2.05, 4.69) is 16.9 Å². The van der Waals surface area contributed by atoms with Crippen molar-refractivity contribution in [2.45, 2.75) is 31.5 Å². The van der Waals surface area contributed by atoms with Gasteiger partial charge in [0.2, 0.25) is 0 Å². The maximum Gasteiger partial charge on any atom is 0.132 e. The van der Waals surface area contributed by atoms with Gasteiger partial charge in [-0.05, 0) is 19.4 Å². The van der Waals surface area contributed by atoms with Gasteiger partial charge in [0.25, 0.3) is 0 Å². The highest BCUT2D eigenvalue weighted by molar-refractivity contribution is 5.27. The molecule has 0 amide bonds. The predicted octanol–water partition coefficient (Wildman–Crippen LogP) is 2.09. The van der Waals surface area contributed by atoms with Crippen molar-refractivity contribution in [1.29, 1.82) is 0 Å². The molecule has 2 heterocycles. The second kappa shape index (κ2) is 6.41. The van der Waals surface area contributed by atoms with Crippen molar-refractivity contribution in [3.8, 4) is 0 Å². The third kappa shape index (κ3) is 3.09. The van der Waals surface area contributed by atoms with E-state index in [9.17, 15) is 13.9 Å². The average molecular weight is 334 g/mol. The monoisotopic (exact) mass is 334 g/mol. The van der Waals surface area contributed by atoms with E-state index in [0.717, 1.165) is 30.7 Å². The van der Waals surface area contributed by atoms with Crippen LogP contribution in [0.2, 0.25) is 0 Å². The Balaban J connectivity index is 2.01. The van der Waals surface area contributed by atoms with Gasteiger partial charge in [-0.2, -0.15) is 0 Å². The topological polar surface area (TPSA) is 54.2 Å². The molecule has 0 saturated carbocycles. The van der Waals surface area contributed by atoms with Gasteiger partial charge in [-0.3, -0.25) is 4.90 Å². The van der Waals surface area contributed by atoms with Gasteiger partial charge in [0, 0.05) is 37.0 Å². The molecule has 1 N–H and O–H groups in total. The number of aliphatic hydroxyl groups is 1. The molecular formula is C17H20F2N4O. The van der Waals surface area contributed by atoms with Gasteiger partial charge in [0.05, 0.1) is 12.7 Å². The van der Waals surface area contributed by atoms with E-state index < -0.39 is 23.3 Å². The summed E-state index contributed by atoms with van der Waals surface area (Å²) in [6.45, 7) is 7.20. The van der Waals surface area contributed by atoms with Crippen molar-refractivity contribution < 1.29 is 13.9 Å². The lowest BCUT2D eigenvalue weighted by Gasteiger charge is -2.39. The van der Waals surface area contributed by atoms with Gasteiger partial charge in [-0.1, -0.05) is 23.4 Å². The first kappa shape index (κ1) is 16.7. The zero-order valence-electron chi connectivity index (χ0n) is 13.5. The molecule has 0 bridgehead atoms. The van der Waals surface area contributed by atoms with Crippen molar-refractivity contribution in [2.75, 3.05) is 13.1 Å². The van der Waals surface area contributed by atoms with E-state index in [1.807, 2.05) is 11.8 Å². The highest BCUT2D eigenvalue weighted by Gasteiger charge is 2.42. The number of nitrogens with zero attached hydrogens (tertiary/aromatic N) is 4. The van der Waals surface area contributed by atoms with Crippen LogP contribution in [-0.4, -0.2) is 44.1 Å². The molecule has 0 spiro atoms. The molecule has 1 aromatic heterocycles. The van der Waals surface area contributed by atoms with Gasteiger partial charge in [0.15, 0.2) is 0 Å². The summed E-state index contributed by atoms with van der Waals surface area (Å²) in [5.74, 6) is -1.45. The molecule has 0 aliphatic carbocycles. The van der Waals surface area contributed by atoms with Gasteiger partial charge in [-0.25, -0.2) is 13.5 Å². The Hall–Kier alpha value is -2.12. The minimum absolute atomic E-state index is 0.0136. The van der Waals surface area contributed by atoms with Crippen LogP contribution >= 0.6 is 0 Å². The SMILES string of the molecule is C=C1CCN([C@H](C)[C@](O)(Cn2ccnn2)c2ccc(F)cc2F)C1. The van der Waals surface area contributed by atoms with Crippen molar-refractivity contribution in [2.24, 2.45) is 0 Å². The summed E-state index contributed by atoms with van der Waals surface area (Å²) < 4.78 is 29.2. The standard InChI is InChI=1S/C17H20F2N4O/c1-12-5-7-22(10-12)13(2)17(24,11-23-8-6-20-21-23)15-4-3-14(18)9-16(15)19/h3-4,6,8-9,13,24H,1,5,7,10-11H2,2H3/t13-,17-/m1/s1. The average Bonchev–Trinajstić information content (AvgIpc) is 3.17. The van der Waals surface area contributed by atoms with Crippen molar-refractivity contribution in [1.82, 2.24) is 19.9 Å². The van der Waals surface area contributed by atoms with Crippen LogP contribution < -0.4 is 0 Å². The Bertz CT molecular complexity index is 734. The number of aromatic nitrogens is 3. The second-order valence-corrected chi connectivity index (χ2v) is 6.30. The molecular weight excluding hydrogens is 314 g/mol. The van der Waals surface area contributed by atoms with Crippen molar-refractivity contribution in [3.05, 3.63) is 59.9 Å². The van der Waals surface area contributed by atoms with E-state index in [1.165, 1.54) is 16.9 Å². The molecule has 0 unspecified atom stereocenters. The van der Waals surface area contributed by atoms with Gasteiger partial charge in [-0.15, -0.1) is 5.10 Å². The molecule has 128 valence electrons. The molecule has 5 nitrogen and oxygen atoms in total. The fourth-order valence-electron chi connectivity index (χ4n) is 3.23. The Morgan fingerprint density at radius 2 is 2.21 bits per heavy atom. The van der Waals surface area contributed by atoms with E-state index in [4.69, 9.17) is 0 Å². The first-order chi connectivity index (χ1) is 11.4. The van der Waals surface area contributed by atoms with Crippen LogP contribution in [0, 0.1) is 11.6 Å². The summed E-state index contributed by atoms with van der Waals surface area (Å²) in [4.78, 5) is 2.04. The molecule has 1 aliphatic heterocycles. The molecule has 24 heavy (non-hydrogen) atoms. The van der Waals surface area contributed by atoms with E-state index >= 15 is 0 Å². The normalized spacial score (nSPS) is 19.4. The van der Waals surface area contributed by atoms with Gasteiger partial charge >= 0.3 is 0 Å². The van der Waals surface area contributed by atoms with E-state index in [1.54, 1.807) is 6.20 Å². The molecule has 1 saturated heterocycles. The lowest BCUT2D eigenvalue weighted by atomic mass is 9.85. The van der Waals surface area contributed by atoms with Crippen LogP contribution in [-0.2, 0) is 12.1 Å². The van der Waals surface area contributed by atoms with Crippen molar-refractivity contribution in [3.63, 3.8) is 0 Å². The third-order valence-corrected chi connectivity index (χ3v) is 4.69. The summed E-state index contributed by atoms with van der Waals surface area (Å²) in [6, 6.07) is 2.82.